The predicted octanol–water partition coefficient (Wildman–Crippen LogP) is 5.15. The van der Waals surface area contributed by atoms with Gasteiger partial charge in [0.05, 0.1) is 12.2 Å². The summed E-state index contributed by atoms with van der Waals surface area (Å²) in [5.74, 6) is -1.65. The molecule has 0 aliphatic rings. The van der Waals surface area contributed by atoms with Crippen molar-refractivity contribution in [3.05, 3.63) is 65.9 Å². The number of pyridine rings is 1. The lowest BCUT2D eigenvalue weighted by Gasteiger charge is -2.27. The zero-order valence-corrected chi connectivity index (χ0v) is 16.4. The molecule has 0 amide bonds. The molecule has 0 spiro atoms. The maximum absolute atomic E-state index is 14.5. The van der Waals surface area contributed by atoms with Crippen LogP contribution in [-0.4, -0.2) is 30.3 Å². The highest BCUT2D eigenvalue weighted by Gasteiger charge is 2.50. The van der Waals surface area contributed by atoms with Crippen LogP contribution in [0.25, 0.3) is 10.9 Å². The minimum atomic E-state index is -5.71. The summed E-state index contributed by atoms with van der Waals surface area (Å²) in [6.45, 7) is 1.10. The highest BCUT2D eigenvalue weighted by atomic mass is 32.2. The van der Waals surface area contributed by atoms with Crippen LogP contribution in [0.3, 0.4) is 0 Å². The number of para-hydroxylation sites is 1. The van der Waals surface area contributed by atoms with Crippen molar-refractivity contribution in [2.75, 3.05) is 7.05 Å². The summed E-state index contributed by atoms with van der Waals surface area (Å²) < 4.78 is 96.0. The van der Waals surface area contributed by atoms with E-state index in [1.54, 1.807) is 6.07 Å². The lowest BCUT2D eigenvalue weighted by Crippen LogP contribution is -2.39. The SMILES string of the molecule is CC(c1c(F)cccc1Oc1cnc2c(F)cccc2c1)N(C)S(=O)(=O)C(F)(F)F. The Morgan fingerprint density at radius 3 is 2.37 bits per heavy atom. The van der Waals surface area contributed by atoms with Gasteiger partial charge in [0, 0.05) is 18.0 Å². The lowest BCUT2D eigenvalue weighted by atomic mass is 10.1. The zero-order chi connectivity index (χ0) is 22.3. The molecule has 30 heavy (non-hydrogen) atoms. The van der Waals surface area contributed by atoms with Crippen molar-refractivity contribution < 1.29 is 35.1 Å². The average molecular weight is 446 g/mol. The number of rotatable bonds is 5. The molecule has 3 aromatic rings. The van der Waals surface area contributed by atoms with Crippen molar-refractivity contribution in [2.24, 2.45) is 0 Å². The van der Waals surface area contributed by atoms with Crippen molar-refractivity contribution in [1.82, 2.24) is 9.29 Å². The third kappa shape index (κ3) is 3.94. The van der Waals surface area contributed by atoms with Gasteiger partial charge in [0.2, 0.25) is 0 Å². The topological polar surface area (TPSA) is 59.5 Å². The molecule has 3 rings (SSSR count). The first-order valence-corrected chi connectivity index (χ1v) is 9.92. The maximum atomic E-state index is 14.5. The second kappa shape index (κ2) is 7.80. The molecule has 0 bridgehead atoms. The van der Waals surface area contributed by atoms with E-state index < -0.39 is 38.8 Å². The smallest absolute Gasteiger partial charge is 0.455 e. The third-order valence-electron chi connectivity index (χ3n) is 4.51. The molecule has 0 N–H and O–H groups in total. The van der Waals surface area contributed by atoms with Crippen LogP contribution in [-0.2, 0) is 10.0 Å². The number of hydrogen-bond donors (Lipinski definition) is 0. The van der Waals surface area contributed by atoms with E-state index in [1.165, 1.54) is 36.5 Å². The molecule has 0 aliphatic carbocycles. The molecule has 5 nitrogen and oxygen atoms in total. The van der Waals surface area contributed by atoms with Crippen molar-refractivity contribution in [3.63, 3.8) is 0 Å². The lowest BCUT2D eigenvalue weighted by molar-refractivity contribution is -0.0492. The predicted molar refractivity (Wildman–Crippen MR) is 99.3 cm³/mol. The molecule has 2 aromatic carbocycles. The second-order valence-corrected chi connectivity index (χ2v) is 8.37. The van der Waals surface area contributed by atoms with E-state index in [2.05, 4.69) is 4.98 Å². The first kappa shape index (κ1) is 21.9. The van der Waals surface area contributed by atoms with E-state index in [-0.39, 0.29) is 21.3 Å². The van der Waals surface area contributed by atoms with Crippen LogP contribution < -0.4 is 4.74 Å². The summed E-state index contributed by atoms with van der Waals surface area (Å²) >= 11 is 0. The Hall–Kier alpha value is -2.79. The Labute approximate surface area is 168 Å². The van der Waals surface area contributed by atoms with Gasteiger partial charge in [0.25, 0.3) is 0 Å². The van der Waals surface area contributed by atoms with Gasteiger partial charge in [-0.05, 0) is 31.2 Å². The Balaban J connectivity index is 2.01. The monoisotopic (exact) mass is 446 g/mol. The van der Waals surface area contributed by atoms with Gasteiger partial charge in [-0.15, -0.1) is 0 Å². The molecule has 160 valence electrons. The van der Waals surface area contributed by atoms with Gasteiger partial charge in [-0.1, -0.05) is 18.2 Å². The number of aromatic nitrogens is 1. The first-order chi connectivity index (χ1) is 13.9. The summed E-state index contributed by atoms with van der Waals surface area (Å²) in [6, 6.07) is 7.62. The van der Waals surface area contributed by atoms with Crippen LogP contribution in [0.1, 0.15) is 18.5 Å². The molecule has 0 fully saturated rings. The molecule has 0 saturated heterocycles. The number of hydrogen-bond acceptors (Lipinski definition) is 4. The normalized spacial score (nSPS) is 13.6. The van der Waals surface area contributed by atoms with Crippen molar-refractivity contribution in [2.45, 2.75) is 18.5 Å². The van der Waals surface area contributed by atoms with Gasteiger partial charge in [-0.2, -0.15) is 17.5 Å². The first-order valence-electron chi connectivity index (χ1n) is 8.48. The van der Waals surface area contributed by atoms with Gasteiger partial charge >= 0.3 is 15.5 Å². The van der Waals surface area contributed by atoms with Gasteiger partial charge in [-0.25, -0.2) is 22.2 Å². The van der Waals surface area contributed by atoms with Crippen LogP contribution in [0, 0.1) is 11.6 Å². The van der Waals surface area contributed by atoms with Crippen molar-refractivity contribution in [1.29, 1.82) is 0 Å². The average Bonchev–Trinajstić information content (AvgIpc) is 2.66. The summed E-state index contributed by atoms with van der Waals surface area (Å²) in [7, 11) is -5.01. The van der Waals surface area contributed by atoms with Crippen molar-refractivity contribution in [3.8, 4) is 11.5 Å². The molecule has 1 aromatic heterocycles. The molecule has 1 unspecified atom stereocenters. The number of ether oxygens (including phenoxy) is 1. The standard InChI is InChI=1S/C19H15F5N2O3S/c1-11(26(2)30(27,28)19(22,23)24)17-14(20)6-4-8-16(17)29-13-9-12-5-3-7-15(21)18(12)25-10-13/h3-11H,1-2H3. The minimum absolute atomic E-state index is 0.0201. The third-order valence-corrected chi connectivity index (χ3v) is 6.17. The van der Waals surface area contributed by atoms with E-state index in [1.807, 2.05) is 0 Å². The van der Waals surface area contributed by atoms with E-state index in [0.29, 0.717) is 12.4 Å². The zero-order valence-electron chi connectivity index (χ0n) is 15.6. The Bertz CT molecular complexity index is 1200. The molecular weight excluding hydrogens is 431 g/mol. The van der Waals surface area contributed by atoms with Gasteiger partial charge in [0.15, 0.2) is 0 Å². The van der Waals surface area contributed by atoms with Gasteiger partial charge in [-0.3, -0.25) is 0 Å². The number of benzene rings is 2. The van der Waals surface area contributed by atoms with Crippen LogP contribution >= 0.6 is 0 Å². The molecule has 0 saturated carbocycles. The molecule has 1 atom stereocenters. The minimum Gasteiger partial charge on any atom is -0.455 e. The fraction of sp³-hybridized carbons (Fsp3) is 0.211. The van der Waals surface area contributed by atoms with E-state index in [0.717, 1.165) is 13.0 Å². The van der Waals surface area contributed by atoms with Crippen LogP contribution in [0.4, 0.5) is 22.0 Å². The van der Waals surface area contributed by atoms with Crippen LogP contribution in [0.2, 0.25) is 0 Å². The largest absolute Gasteiger partial charge is 0.511 e. The van der Waals surface area contributed by atoms with E-state index in [4.69, 9.17) is 4.74 Å². The fourth-order valence-corrected chi connectivity index (χ4v) is 3.70. The highest BCUT2D eigenvalue weighted by Crippen LogP contribution is 2.38. The summed E-state index contributed by atoms with van der Waals surface area (Å²) in [6.07, 6.45) is 1.17. The summed E-state index contributed by atoms with van der Waals surface area (Å²) in [4.78, 5) is 3.93. The van der Waals surface area contributed by atoms with E-state index in [9.17, 15) is 30.4 Å². The molecule has 11 heteroatoms. The van der Waals surface area contributed by atoms with Gasteiger partial charge in [0.1, 0.15) is 28.7 Å². The number of fused-ring (bicyclic) bond motifs is 1. The number of halogens is 5. The number of nitrogens with zero attached hydrogens (tertiary/aromatic N) is 2. The highest BCUT2D eigenvalue weighted by molar-refractivity contribution is 7.89. The fourth-order valence-electron chi connectivity index (χ4n) is 2.85. The second-order valence-electron chi connectivity index (χ2n) is 6.38. The van der Waals surface area contributed by atoms with Gasteiger partial charge < -0.3 is 4.74 Å². The molecular formula is C19H15F5N2O3S. The maximum Gasteiger partial charge on any atom is 0.511 e. The van der Waals surface area contributed by atoms with Crippen molar-refractivity contribution >= 4 is 20.9 Å². The number of sulfonamides is 1. The van der Waals surface area contributed by atoms with Crippen LogP contribution in [0.15, 0.2) is 48.7 Å². The van der Waals surface area contributed by atoms with Crippen LogP contribution in [0.5, 0.6) is 11.5 Å². The van der Waals surface area contributed by atoms with E-state index >= 15 is 0 Å². The number of alkyl halides is 3. The summed E-state index contributed by atoms with van der Waals surface area (Å²) in [5, 5.41) is 0.385. The molecule has 0 aliphatic heterocycles. The molecule has 1 heterocycles. The Morgan fingerprint density at radius 1 is 1.07 bits per heavy atom. The quantitative estimate of drug-likeness (QED) is 0.509. The molecule has 0 radical (unpaired) electrons. The Morgan fingerprint density at radius 2 is 1.70 bits per heavy atom. The Kier molecular flexibility index (Phi) is 5.70. The summed E-state index contributed by atoms with van der Waals surface area (Å²) in [5.41, 5.74) is -5.87.